The Morgan fingerprint density at radius 1 is 1.37 bits per heavy atom. The van der Waals surface area contributed by atoms with Gasteiger partial charge in [0.1, 0.15) is 0 Å². The lowest BCUT2D eigenvalue weighted by Crippen LogP contribution is -2.39. The molecule has 0 bridgehead atoms. The van der Waals surface area contributed by atoms with Gasteiger partial charge in [-0.15, -0.1) is 0 Å². The minimum absolute atomic E-state index is 0.649. The summed E-state index contributed by atoms with van der Waals surface area (Å²) in [7, 11) is 0. The Morgan fingerprint density at radius 3 is 2.95 bits per heavy atom. The minimum atomic E-state index is 0.649. The van der Waals surface area contributed by atoms with Gasteiger partial charge >= 0.3 is 0 Å². The summed E-state index contributed by atoms with van der Waals surface area (Å²) >= 11 is 0. The van der Waals surface area contributed by atoms with Crippen molar-refractivity contribution in [2.24, 2.45) is 5.92 Å². The van der Waals surface area contributed by atoms with E-state index in [1.807, 2.05) is 6.20 Å². The van der Waals surface area contributed by atoms with Crippen LogP contribution in [0.4, 0.5) is 0 Å². The first kappa shape index (κ1) is 13.1. The van der Waals surface area contributed by atoms with E-state index in [0.29, 0.717) is 5.92 Å². The summed E-state index contributed by atoms with van der Waals surface area (Å²) in [5, 5.41) is 7.38. The maximum Gasteiger partial charge on any atom is 0.0519 e. The number of nitrogens with zero attached hydrogens (tertiary/aromatic N) is 2. The number of hydrogen-bond acceptors (Lipinski definition) is 3. The second-order valence-electron chi connectivity index (χ2n) is 6.12. The predicted molar refractivity (Wildman–Crippen MR) is 75.3 cm³/mol. The fourth-order valence-corrected chi connectivity index (χ4v) is 3.52. The first-order chi connectivity index (χ1) is 9.33. The molecule has 0 radical (unpaired) electrons. The maximum absolute atomic E-state index is 5.45. The summed E-state index contributed by atoms with van der Waals surface area (Å²) in [6, 6.07) is 0. The normalized spacial score (nSPS) is 26.7. The molecule has 2 aliphatic rings. The van der Waals surface area contributed by atoms with Crippen LogP contribution >= 0.6 is 0 Å². The SMILES string of the molecule is Cc1cn[nH]c1C1CCCN(CC2CCOCC2)C1. The lowest BCUT2D eigenvalue weighted by molar-refractivity contribution is 0.0481. The number of nitrogens with one attached hydrogen (secondary N) is 1. The van der Waals surface area contributed by atoms with Gasteiger partial charge in [0.25, 0.3) is 0 Å². The van der Waals surface area contributed by atoms with Crippen molar-refractivity contribution in [3.8, 4) is 0 Å². The molecule has 3 heterocycles. The van der Waals surface area contributed by atoms with Crippen LogP contribution in [0.25, 0.3) is 0 Å². The van der Waals surface area contributed by atoms with Gasteiger partial charge in [0.15, 0.2) is 0 Å². The number of aryl methyl sites for hydroxylation is 1. The maximum atomic E-state index is 5.45. The summed E-state index contributed by atoms with van der Waals surface area (Å²) in [5.74, 6) is 1.49. The molecule has 106 valence electrons. The molecule has 1 unspecified atom stereocenters. The largest absolute Gasteiger partial charge is 0.381 e. The number of likely N-dealkylation sites (tertiary alicyclic amines) is 1. The fraction of sp³-hybridized carbons (Fsp3) is 0.800. The van der Waals surface area contributed by atoms with E-state index in [-0.39, 0.29) is 0 Å². The smallest absolute Gasteiger partial charge is 0.0519 e. The Balaban J connectivity index is 1.57. The van der Waals surface area contributed by atoms with E-state index in [9.17, 15) is 0 Å². The molecule has 1 atom stereocenters. The summed E-state index contributed by atoms with van der Waals surface area (Å²) in [5.41, 5.74) is 2.68. The Labute approximate surface area is 115 Å². The molecule has 2 aliphatic heterocycles. The van der Waals surface area contributed by atoms with E-state index in [0.717, 1.165) is 19.1 Å². The number of ether oxygens (including phenoxy) is 1. The van der Waals surface area contributed by atoms with Gasteiger partial charge < -0.3 is 9.64 Å². The van der Waals surface area contributed by atoms with Gasteiger partial charge in [0, 0.05) is 37.9 Å². The molecule has 2 fully saturated rings. The zero-order valence-electron chi connectivity index (χ0n) is 11.9. The molecule has 0 amide bonds. The average Bonchev–Trinajstić information content (AvgIpc) is 2.86. The molecule has 0 aromatic carbocycles. The third kappa shape index (κ3) is 3.18. The van der Waals surface area contributed by atoms with Crippen molar-refractivity contribution in [3.63, 3.8) is 0 Å². The van der Waals surface area contributed by atoms with Crippen molar-refractivity contribution < 1.29 is 4.74 Å². The molecule has 4 heteroatoms. The molecule has 1 aromatic rings. The zero-order valence-corrected chi connectivity index (χ0v) is 11.9. The Kier molecular flexibility index (Phi) is 4.18. The van der Waals surface area contributed by atoms with Gasteiger partial charge in [-0.1, -0.05) is 0 Å². The van der Waals surface area contributed by atoms with E-state index < -0.39 is 0 Å². The van der Waals surface area contributed by atoms with E-state index in [4.69, 9.17) is 4.74 Å². The number of rotatable bonds is 3. The molecular formula is C15H25N3O. The summed E-state index contributed by atoms with van der Waals surface area (Å²) in [4.78, 5) is 2.66. The predicted octanol–water partition coefficient (Wildman–Crippen LogP) is 2.32. The van der Waals surface area contributed by atoms with Crippen LogP contribution in [-0.2, 0) is 4.74 Å². The van der Waals surface area contributed by atoms with Crippen LogP contribution in [0.1, 0.15) is 42.9 Å². The first-order valence-electron chi connectivity index (χ1n) is 7.63. The Bertz CT molecular complexity index is 398. The first-order valence-corrected chi connectivity index (χ1v) is 7.63. The monoisotopic (exact) mass is 263 g/mol. The molecule has 4 nitrogen and oxygen atoms in total. The van der Waals surface area contributed by atoms with Crippen molar-refractivity contribution in [1.82, 2.24) is 15.1 Å². The van der Waals surface area contributed by atoms with E-state index in [1.165, 1.54) is 56.6 Å². The minimum Gasteiger partial charge on any atom is -0.381 e. The molecule has 1 aromatic heterocycles. The van der Waals surface area contributed by atoms with Crippen LogP contribution < -0.4 is 0 Å². The lowest BCUT2D eigenvalue weighted by atomic mass is 9.91. The highest BCUT2D eigenvalue weighted by atomic mass is 16.5. The van der Waals surface area contributed by atoms with Gasteiger partial charge in [-0.05, 0) is 50.6 Å². The van der Waals surface area contributed by atoms with Crippen LogP contribution in [0.2, 0.25) is 0 Å². The number of piperidine rings is 1. The number of H-pyrrole nitrogens is 1. The van der Waals surface area contributed by atoms with Crippen LogP contribution in [0.5, 0.6) is 0 Å². The van der Waals surface area contributed by atoms with Gasteiger partial charge in [0.2, 0.25) is 0 Å². The molecule has 0 aliphatic carbocycles. The number of hydrogen-bond donors (Lipinski definition) is 1. The Hall–Kier alpha value is -0.870. The highest BCUT2D eigenvalue weighted by molar-refractivity contribution is 5.19. The van der Waals surface area contributed by atoms with Crippen LogP contribution in [0, 0.1) is 12.8 Å². The highest BCUT2D eigenvalue weighted by Crippen LogP contribution is 2.28. The van der Waals surface area contributed by atoms with Gasteiger partial charge in [-0.25, -0.2) is 0 Å². The van der Waals surface area contributed by atoms with Crippen LogP contribution in [0.3, 0.4) is 0 Å². The van der Waals surface area contributed by atoms with Gasteiger partial charge in [-0.2, -0.15) is 5.10 Å². The van der Waals surface area contributed by atoms with Gasteiger partial charge in [-0.3, -0.25) is 5.10 Å². The second-order valence-corrected chi connectivity index (χ2v) is 6.12. The standard InChI is InChI=1S/C15H25N3O/c1-12-9-16-17-15(12)14-3-2-6-18(11-14)10-13-4-7-19-8-5-13/h9,13-14H,2-8,10-11H2,1H3,(H,16,17). The van der Waals surface area contributed by atoms with Gasteiger partial charge in [0.05, 0.1) is 6.20 Å². The molecule has 19 heavy (non-hydrogen) atoms. The van der Waals surface area contributed by atoms with E-state index in [2.05, 4.69) is 22.0 Å². The summed E-state index contributed by atoms with van der Waals surface area (Å²) in [6.45, 7) is 7.80. The molecule has 0 saturated carbocycles. The van der Waals surface area contributed by atoms with E-state index in [1.54, 1.807) is 0 Å². The van der Waals surface area contributed by atoms with Crippen molar-refractivity contribution in [2.75, 3.05) is 32.8 Å². The lowest BCUT2D eigenvalue weighted by Gasteiger charge is -2.35. The fourth-order valence-electron chi connectivity index (χ4n) is 3.52. The molecular weight excluding hydrogens is 238 g/mol. The van der Waals surface area contributed by atoms with Crippen molar-refractivity contribution in [3.05, 3.63) is 17.5 Å². The number of aromatic amines is 1. The molecule has 2 saturated heterocycles. The van der Waals surface area contributed by atoms with Crippen LogP contribution in [-0.4, -0.2) is 47.9 Å². The highest BCUT2D eigenvalue weighted by Gasteiger charge is 2.26. The van der Waals surface area contributed by atoms with Crippen molar-refractivity contribution in [1.29, 1.82) is 0 Å². The molecule has 3 rings (SSSR count). The molecule has 1 N–H and O–H groups in total. The van der Waals surface area contributed by atoms with Crippen molar-refractivity contribution in [2.45, 2.75) is 38.5 Å². The third-order valence-electron chi connectivity index (χ3n) is 4.64. The topological polar surface area (TPSA) is 41.2 Å². The zero-order chi connectivity index (χ0) is 13.1. The number of aromatic nitrogens is 2. The summed E-state index contributed by atoms with van der Waals surface area (Å²) < 4.78 is 5.45. The Morgan fingerprint density at radius 2 is 2.21 bits per heavy atom. The van der Waals surface area contributed by atoms with E-state index >= 15 is 0 Å². The summed E-state index contributed by atoms with van der Waals surface area (Å²) in [6.07, 6.45) is 7.04. The third-order valence-corrected chi connectivity index (χ3v) is 4.64. The molecule has 0 spiro atoms. The quantitative estimate of drug-likeness (QED) is 0.910. The average molecular weight is 263 g/mol. The van der Waals surface area contributed by atoms with Crippen molar-refractivity contribution >= 4 is 0 Å². The van der Waals surface area contributed by atoms with Crippen LogP contribution in [0.15, 0.2) is 6.20 Å². The second kappa shape index (κ2) is 6.06.